The molecule has 1 fully saturated rings. The summed E-state index contributed by atoms with van der Waals surface area (Å²) in [5, 5.41) is 10.7. The van der Waals surface area contributed by atoms with Crippen LogP contribution in [0.5, 0.6) is 0 Å². The number of halogens is 1. The van der Waals surface area contributed by atoms with Crippen LogP contribution < -0.4 is 10.2 Å². The minimum Gasteiger partial charge on any atom is -0.465 e. The van der Waals surface area contributed by atoms with Gasteiger partial charge in [0.2, 0.25) is 0 Å². The predicted molar refractivity (Wildman–Crippen MR) is 77.4 cm³/mol. The Labute approximate surface area is 113 Å². The third kappa shape index (κ3) is 3.47. The number of rotatable bonds is 2. The molecule has 104 valence electrons. The van der Waals surface area contributed by atoms with E-state index in [2.05, 4.69) is 23.3 Å². The second-order valence-corrected chi connectivity index (χ2v) is 11.1. The van der Waals surface area contributed by atoms with E-state index in [0.29, 0.717) is 5.69 Å². The zero-order valence-corrected chi connectivity index (χ0v) is 12.2. The van der Waals surface area contributed by atoms with E-state index in [4.69, 9.17) is 5.11 Å². The first-order valence-electron chi connectivity index (χ1n) is 6.42. The summed E-state index contributed by atoms with van der Waals surface area (Å²) in [4.78, 5) is 12.6. The summed E-state index contributed by atoms with van der Waals surface area (Å²) < 4.78 is 14.0. The quantitative estimate of drug-likeness (QED) is 0.817. The van der Waals surface area contributed by atoms with Gasteiger partial charge in [0.05, 0.1) is 13.8 Å². The molecule has 2 N–H and O–H groups in total. The zero-order valence-electron chi connectivity index (χ0n) is 11.2. The number of hydrogen-bond acceptors (Lipinski definition) is 2. The number of hydrogen-bond donors (Lipinski definition) is 2. The Hall–Kier alpha value is -1.56. The van der Waals surface area contributed by atoms with Gasteiger partial charge in [-0.2, -0.15) is 0 Å². The van der Waals surface area contributed by atoms with Gasteiger partial charge in [0.1, 0.15) is 5.82 Å². The van der Waals surface area contributed by atoms with Crippen molar-refractivity contribution in [3.63, 3.8) is 0 Å². The highest BCUT2D eigenvalue weighted by molar-refractivity contribution is 6.77. The van der Waals surface area contributed by atoms with Gasteiger partial charge in [0.15, 0.2) is 0 Å². The standard InChI is InChI=1S/C13H19FN2O2Si/c1-19(2)7-5-16(6-8-19)12-4-3-10(9-11(12)14)15-13(17)18/h3-4,9,15H,5-8H2,1-2H3,(H,17,18). The molecule has 0 bridgehead atoms. The van der Waals surface area contributed by atoms with Crippen LogP contribution in [0, 0.1) is 5.82 Å². The molecule has 2 rings (SSSR count). The Bertz CT molecular complexity index is 484. The molecule has 1 heterocycles. The lowest BCUT2D eigenvalue weighted by Crippen LogP contribution is -2.43. The lowest BCUT2D eigenvalue weighted by atomic mass is 10.2. The highest BCUT2D eigenvalue weighted by Crippen LogP contribution is 2.29. The van der Waals surface area contributed by atoms with Gasteiger partial charge in [-0.05, 0) is 30.3 Å². The van der Waals surface area contributed by atoms with Gasteiger partial charge >= 0.3 is 6.09 Å². The van der Waals surface area contributed by atoms with Crippen LogP contribution in [-0.2, 0) is 0 Å². The second kappa shape index (κ2) is 5.20. The Balaban J connectivity index is 2.11. The molecule has 0 atom stereocenters. The van der Waals surface area contributed by atoms with Crippen LogP contribution in [-0.4, -0.2) is 32.4 Å². The summed E-state index contributed by atoms with van der Waals surface area (Å²) in [7, 11) is -1.07. The van der Waals surface area contributed by atoms with E-state index in [9.17, 15) is 9.18 Å². The minimum absolute atomic E-state index is 0.264. The fraction of sp³-hybridized carbons (Fsp3) is 0.462. The normalized spacial score (nSPS) is 18.2. The maximum Gasteiger partial charge on any atom is 0.409 e. The van der Waals surface area contributed by atoms with Gasteiger partial charge in [0, 0.05) is 18.8 Å². The molecule has 19 heavy (non-hydrogen) atoms. The van der Waals surface area contributed by atoms with Crippen molar-refractivity contribution in [2.24, 2.45) is 0 Å². The molecule has 0 aliphatic carbocycles. The summed E-state index contributed by atoms with van der Waals surface area (Å²) in [5.74, 6) is -0.368. The van der Waals surface area contributed by atoms with Crippen LogP contribution in [0.2, 0.25) is 25.2 Å². The summed E-state index contributed by atoms with van der Waals surface area (Å²) in [5.41, 5.74) is 0.834. The minimum atomic E-state index is -1.18. The van der Waals surface area contributed by atoms with Crippen molar-refractivity contribution in [1.82, 2.24) is 0 Å². The summed E-state index contributed by atoms with van der Waals surface area (Å²) in [6.45, 7) is 6.50. The molecule has 1 amide bonds. The molecular formula is C13H19FN2O2Si. The molecular weight excluding hydrogens is 263 g/mol. The third-order valence-corrected chi connectivity index (χ3v) is 6.81. The van der Waals surface area contributed by atoms with Crippen molar-refractivity contribution in [2.75, 3.05) is 23.3 Å². The van der Waals surface area contributed by atoms with Gasteiger partial charge in [-0.15, -0.1) is 0 Å². The highest BCUT2D eigenvalue weighted by atomic mass is 28.3. The molecule has 1 aliphatic rings. The van der Waals surface area contributed by atoms with E-state index in [0.717, 1.165) is 13.1 Å². The number of amides is 1. The number of nitrogens with zero attached hydrogens (tertiary/aromatic N) is 1. The first-order valence-corrected chi connectivity index (χ1v) is 9.83. The van der Waals surface area contributed by atoms with Crippen LogP contribution in [0.1, 0.15) is 0 Å². The lowest BCUT2D eigenvalue weighted by molar-refractivity contribution is 0.209. The monoisotopic (exact) mass is 282 g/mol. The first kappa shape index (κ1) is 13.9. The fourth-order valence-electron chi connectivity index (χ4n) is 2.32. The first-order chi connectivity index (χ1) is 8.87. The second-order valence-electron chi connectivity index (χ2n) is 5.75. The molecule has 6 heteroatoms. The Morgan fingerprint density at radius 3 is 2.53 bits per heavy atom. The molecule has 4 nitrogen and oxygen atoms in total. The highest BCUT2D eigenvalue weighted by Gasteiger charge is 2.28. The topological polar surface area (TPSA) is 52.6 Å². The summed E-state index contributed by atoms with van der Waals surface area (Å²) in [6, 6.07) is 6.83. The van der Waals surface area contributed by atoms with Gasteiger partial charge in [0.25, 0.3) is 0 Å². The van der Waals surface area contributed by atoms with Crippen molar-refractivity contribution < 1.29 is 14.3 Å². The van der Waals surface area contributed by atoms with Crippen LogP contribution in [0.15, 0.2) is 18.2 Å². The van der Waals surface area contributed by atoms with Crippen LogP contribution in [0.25, 0.3) is 0 Å². The van der Waals surface area contributed by atoms with Crippen molar-refractivity contribution >= 4 is 25.5 Å². The van der Waals surface area contributed by atoms with Crippen LogP contribution in [0.4, 0.5) is 20.6 Å². The van der Waals surface area contributed by atoms with E-state index in [1.54, 1.807) is 12.1 Å². The molecule has 0 unspecified atom stereocenters. The Morgan fingerprint density at radius 1 is 1.37 bits per heavy atom. The Morgan fingerprint density at radius 2 is 2.00 bits per heavy atom. The van der Waals surface area contributed by atoms with Crippen LogP contribution in [0.3, 0.4) is 0 Å². The molecule has 0 saturated carbocycles. The van der Waals surface area contributed by atoms with Crippen molar-refractivity contribution in [3.8, 4) is 0 Å². The molecule has 1 aliphatic heterocycles. The maximum absolute atomic E-state index is 14.0. The Kier molecular flexibility index (Phi) is 3.80. The van der Waals surface area contributed by atoms with Gasteiger partial charge in [-0.1, -0.05) is 13.1 Å². The molecule has 0 radical (unpaired) electrons. The van der Waals surface area contributed by atoms with E-state index in [-0.39, 0.29) is 11.5 Å². The average Bonchev–Trinajstić information content (AvgIpc) is 2.29. The molecule has 1 saturated heterocycles. The van der Waals surface area contributed by atoms with Crippen LogP contribution >= 0.6 is 0 Å². The molecule has 1 aromatic rings. The largest absolute Gasteiger partial charge is 0.465 e. The zero-order chi connectivity index (χ0) is 14.0. The maximum atomic E-state index is 14.0. The number of carboxylic acid groups (broad SMARTS) is 1. The molecule has 1 aromatic carbocycles. The SMILES string of the molecule is C[Si]1(C)CCN(c2ccc(NC(=O)O)cc2F)CC1. The van der Waals surface area contributed by atoms with Gasteiger partial charge in [-0.25, -0.2) is 9.18 Å². The smallest absolute Gasteiger partial charge is 0.409 e. The van der Waals surface area contributed by atoms with E-state index < -0.39 is 14.2 Å². The van der Waals surface area contributed by atoms with Crippen molar-refractivity contribution in [2.45, 2.75) is 25.2 Å². The lowest BCUT2D eigenvalue weighted by Gasteiger charge is -2.37. The summed E-state index contributed by atoms with van der Waals surface area (Å²) in [6.07, 6.45) is -1.18. The van der Waals surface area contributed by atoms with Gasteiger partial charge < -0.3 is 10.0 Å². The third-order valence-electron chi connectivity index (χ3n) is 3.66. The van der Waals surface area contributed by atoms with E-state index in [1.165, 1.54) is 18.2 Å². The predicted octanol–water partition coefficient (Wildman–Crippen LogP) is 3.44. The molecule has 0 aromatic heterocycles. The average molecular weight is 282 g/mol. The molecule has 0 spiro atoms. The van der Waals surface area contributed by atoms with Gasteiger partial charge in [-0.3, -0.25) is 5.32 Å². The number of benzene rings is 1. The van der Waals surface area contributed by atoms with Crippen molar-refractivity contribution in [1.29, 1.82) is 0 Å². The summed E-state index contributed by atoms with van der Waals surface area (Å²) >= 11 is 0. The number of nitrogens with one attached hydrogen (secondary N) is 1. The van der Waals surface area contributed by atoms with E-state index in [1.807, 2.05) is 0 Å². The van der Waals surface area contributed by atoms with E-state index >= 15 is 0 Å². The fourth-order valence-corrected chi connectivity index (χ4v) is 4.32. The number of carbonyl (C=O) groups is 1. The number of anilines is 2. The van der Waals surface area contributed by atoms with Crippen molar-refractivity contribution in [3.05, 3.63) is 24.0 Å².